The van der Waals surface area contributed by atoms with Gasteiger partial charge in [-0.25, -0.2) is 4.57 Å². The Bertz CT molecular complexity index is 3400. The van der Waals surface area contributed by atoms with Gasteiger partial charge in [-0.05, 0) is 133 Å². The van der Waals surface area contributed by atoms with Crippen LogP contribution in [-0.2, 0) is 99.3 Å². The maximum Gasteiger partial charge on any atom is 0.473 e. The van der Waals surface area contributed by atoms with Crippen LogP contribution in [-0.4, -0.2) is 287 Å². The summed E-state index contributed by atoms with van der Waals surface area (Å²) in [5.74, 6) is -4.17. The summed E-state index contributed by atoms with van der Waals surface area (Å²) in [5, 5.41) is 130. The van der Waals surface area contributed by atoms with E-state index in [1.165, 1.54) is 51.3 Å². The van der Waals surface area contributed by atoms with Gasteiger partial charge in [0.25, 0.3) is 12.4 Å². The summed E-state index contributed by atoms with van der Waals surface area (Å²) in [4.78, 5) is 92.8. The van der Waals surface area contributed by atoms with Gasteiger partial charge in [0.05, 0.1) is 31.0 Å². The fourth-order valence-electron chi connectivity index (χ4n) is 13.7. The zero-order valence-electron chi connectivity index (χ0n) is 66.8. The maximum absolute atomic E-state index is 14.3. The summed E-state index contributed by atoms with van der Waals surface area (Å²) >= 11 is 0. The molecule has 5 heterocycles. The molecule has 1 aliphatic carbocycles. The highest BCUT2D eigenvalue weighted by molar-refractivity contribution is 7.47. The molecule has 6 rings (SSSR count). The Hall–Kier alpha value is -5.47. The van der Waals surface area contributed by atoms with Crippen molar-refractivity contribution >= 4 is 44.3 Å². The van der Waals surface area contributed by atoms with Gasteiger partial charge in [-0.2, -0.15) is 0 Å². The van der Waals surface area contributed by atoms with Crippen molar-refractivity contribution in [1.82, 2.24) is 21.4 Å². The summed E-state index contributed by atoms with van der Waals surface area (Å²) in [6.07, 6.45) is -25.3. The van der Waals surface area contributed by atoms with Crippen LogP contribution in [0.4, 0.5) is 0 Å². The summed E-state index contributed by atoms with van der Waals surface area (Å²) in [6.45, 7) is 26.0. The summed E-state index contributed by atoms with van der Waals surface area (Å²) < 4.78 is 92.4. The predicted octanol–water partition coefficient (Wildman–Crippen LogP) is 1.12. The van der Waals surface area contributed by atoms with E-state index in [9.17, 15) is 94.4 Å². The van der Waals surface area contributed by atoms with E-state index < -0.39 is 233 Å². The van der Waals surface area contributed by atoms with Gasteiger partial charge in [-0.1, -0.05) is 73.1 Å². The van der Waals surface area contributed by atoms with Crippen LogP contribution in [0.15, 0.2) is 70.7 Å². The van der Waals surface area contributed by atoms with E-state index in [0.29, 0.717) is 6.42 Å². The molecular weight excluding hydrogens is 1520 g/mol. The van der Waals surface area contributed by atoms with Crippen LogP contribution in [0.25, 0.3) is 0 Å². The standard InChI is InChI=1S/C75H121N4O33P/c1-37(2)20-19-22-38(3)23-24-40(5)27-30-72(10,11)29-18-17-21-39(4)28-31-73(12,13)111-49(100-35-81)34-102-113(97,98)112-74(14,15)66-64(65(79-101-36-82)75(16,96)42(7)104-66)110-69-52(77-44(9)84)55(89)62(48(106-69)33-99-70-59(93)56(90)53(87)47(32-80)105-70)108-68-51(76-43(8)83)54(88)61(41(6)103-68)107-71-60(94)57(91)58(92)63(109-71)67(95)78-50-45(85)25-26-46(50)86/h18,20,23,28-29,35-36,41-42,47-49,51-66,68-71,79-80,85,87-94,96H,5,17,19,21-22,24-27,30-34H2,1-4,6-16H3,(H,76,83)(H,77,84)(H,78,95)(H,97,98)/b29-18+,38-23+,39-28-/t41?,42?,47?,48?,49-,51?,52?,53?,54?,55?,56?,57?,58?,59?,60?,61?,62?,63?,64?,65?,66?,68?,69?,70?,71?,75?/m1/s1. The van der Waals surface area contributed by atoms with Gasteiger partial charge >= 0.3 is 14.3 Å². The van der Waals surface area contributed by atoms with Crippen molar-refractivity contribution < 1.29 is 160 Å². The number of rotatable bonds is 41. The minimum Gasteiger partial charge on any atom is -0.510 e. The molecule has 38 heteroatoms. The fraction of sp³-hybridized carbons (Fsp3) is 0.760. The summed E-state index contributed by atoms with van der Waals surface area (Å²) in [7, 11) is -5.43. The zero-order valence-corrected chi connectivity index (χ0v) is 67.7. The highest BCUT2D eigenvalue weighted by atomic mass is 31.2. The number of carbonyl (C=O) groups is 6. The number of aliphatic hydroxyl groups is 11. The molecule has 0 spiro atoms. The lowest BCUT2D eigenvalue weighted by molar-refractivity contribution is -0.368. The molecule has 5 aliphatic heterocycles. The highest BCUT2D eigenvalue weighted by Crippen LogP contribution is 2.51. The van der Waals surface area contributed by atoms with Gasteiger partial charge in [0, 0.05) is 26.7 Å². The molecule has 16 N–H and O–H groups in total. The van der Waals surface area contributed by atoms with Crippen molar-refractivity contribution in [2.75, 3.05) is 19.8 Å². The van der Waals surface area contributed by atoms with Crippen LogP contribution in [0.5, 0.6) is 0 Å². The van der Waals surface area contributed by atoms with Gasteiger partial charge in [0.15, 0.2) is 37.0 Å². The fourth-order valence-corrected chi connectivity index (χ4v) is 14.7. The Kier molecular flexibility index (Phi) is 36.0. The van der Waals surface area contributed by atoms with Crippen LogP contribution < -0.4 is 21.4 Å². The molecule has 6 aliphatic rings. The zero-order chi connectivity index (χ0) is 84.6. The molecule has 27 atom stereocenters. The average Bonchev–Trinajstić information content (AvgIpc) is 0.885. The molecule has 5 fully saturated rings. The minimum absolute atomic E-state index is 0.0523. The second-order valence-corrected chi connectivity index (χ2v) is 33.3. The molecule has 0 radical (unpaired) electrons. The van der Waals surface area contributed by atoms with Crippen molar-refractivity contribution in [2.24, 2.45) is 5.41 Å². The first-order valence-corrected chi connectivity index (χ1v) is 39.2. The monoisotopic (exact) mass is 1640 g/mol. The third kappa shape index (κ3) is 27.0. The largest absolute Gasteiger partial charge is 0.510 e. The number of hydrogen-bond acceptors (Lipinski definition) is 33. The number of hydroxylamine groups is 1. The molecule has 0 aromatic carbocycles. The first-order chi connectivity index (χ1) is 52.7. The number of ketones is 1. The van der Waals surface area contributed by atoms with Crippen molar-refractivity contribution in [3.63, 3.8) is 0 Å². The summed E-state index contributed by atoms with van der Waals surface area (Å²) in [5.41, 5.74) is 1.24. The molecular formula is C75H121N4O33P. The number of nitrogens with one attached hydrogen (secondary N) is 4. The minimum atomic E-state index is -5.43. The number of allylic oxidation sites excluding steroid dienone is 10. The third-order valence-corrected chi connectivity index (χ3v) is 21.7. The van der Waals surface area contributed by atoms with Crippen LogP contribution in [0.3, 0.4) is 0 Å². The van der Waals surface area contributed by atoms with Gasteiger partial charge < -0.3 is 134 Å². The SMILES string of the molecule is C=C(C/C=C(\C)CCC=C(C)C)CCC(C)(C)/C=C/CC/C(C)=C\CC(C)(C)O[C@H](COP(=O)(O)OC(C)(C)C1OC(C)C(C)(O)C(NOC=O)C1OC1OC(COC2OC(CO)C(O)C(O)C2O)C(OC2OC(C)C(OC3OC(C(=O)NC4=C(O)CCC4=O)C(O)C(O)C3O)C(O)C2NC(C)=O)C(O)C1NC(C)=O)OC=O. The lowest BCUT2D eigenvalue weighted by Gasteiger charge is -2.54. The van der Waals surface area contributed by atoms with Crippen LogP contribution in [0.2, 0.25) is 0 Å². The van der Waals surface area contributed by atoms with Gasteiger partial charge in [-0.3, -0.25) is 37.8 Å². The van der Waals surface area contributed by atoms with Crippen LogP contribution in [0.1, 0.15) is 168 Å². The Labute approximate surface area is 657 Å². The Morgan fingerprint density at radius 1 is 0.699 bits per heavy atom. The third-order valence-electron chi connectivity index (χ3n) is 20.5. The quantitative estimate of drug-likeness (QED) is 0.0134. The molecule has 26 unspecified atom stereocenters. The number of hydrogen-bond donors (Lipinski definition) is 16. The lowest BCUT2D eigenvalue weighted by Crippen LogP contribution is -2.74. The van der Waals surface area contributed by atoms with Gasteiger partial charge in [0.1, 0.15) is 133 Å². The molecule has 37 nitrogen and oxygen atoms in total. The second-order valence-electron chi connectivity index (χ2n) is 31.9. The molecule has 0 aromatic rings. The highest BCUT2D eigenvalue weighted by Gasteiger charge is 2.62. The predicted molar refractivity (Wildman–Crippen MR) is 395 cm³/mol. The number of ether oxygens (including phenoxy) is 11. The molecule has 644 valence electrons. The Morgan fingerprint density at radius 2 is 1.28 bits per heavy atom. The van der Waals surface area contributed by atoms with E-state index in [1.807, 2.05) is 13.0 Å². The lowest BCUT2D eigenvalue weighted by atomic mass is 9.78. The topological polar surface area (TPSA) is 540 Å². The molecule has 0 bridgehead atoms. The second kappa shape index (κ2) is 42.3. The van der Waals surface area contributed by atoms with Crippen LogP contribution in [0, 0.1) is 5.41 Å². The van der Waals surface area contributed by atoms with E-state index >= 15 is 0 Å². The van der Waals surface area contributed by atoms with Crippen molar-refractivity contribution in [3.8, 4) is 0 Å². The molecule has 5 saturated heterocycles. The molecule has 0 aromatic heterocycles. The van der Waals surface area contributed by atoms with E-state index in [0.717, 1.165) is 64.4 Å². The number of phosphoric acid groups is 1. The van der Waals surface area contributed by atoms with E-state index in [-0.39, 0.29) is 31.2 Å². The number of phosphoric ester groups is 1. The van der Waals surface area contributed by atoms with Crippen molar-refractivity contribution in [2.45, 2.75) is 338 Å². The number of carbonyl (C=O) groups excluding carboxylic acids is 6. The number of aliphatic hydroxyl groups excluding tert-OH is 10. The summed E-state index contributed by atoms with van der Waals surface area (Å²) in [6, 6.07) is -5.46. The normalized spacial score (nSPS) is 35.1. The van der Waals surface area contributed by atoms with Crippen molar-refractivity contribution in [3.05, 3.63) is 70.7 Å². The van der Waals surface area contributed by atoms with E-state index in [4.69, 9.17) is 66.0 Å². The first kappa shape index (κ1) is 96.4. The average molecular weight is 1640 g/mol. The van der Waals surface area contributed by atoms with E-state index in [2.05, 4.69) is 86.9 Å². The molecule has 0 saturated carbocycles. The van der Waals surface area contributed by atoms with Gasteiger partial charge in [-0.15, -0.1) is 5.48 Å². The first-order valence-electron chi connectivity index (χ1n) is 37.7. The molecule has 3 amide bonds. The number of Topliss-reactive ketones (excluding diaryl/α,β-unsaturated/α-hetero) is 1. The van der Waals surface area contributed by atoms with Gasteiger partial charge in [0.2, 0.25) is 18.1 Å². The van der Waals surface area contributed by atoms with E-state index in [1.54, 1.807) is 13.8 Å². The Balaban J connectivity index is 1.23. The van der Waals surface area contributed by atoms with Crippen LogP contribution >= 0.6 is 7.82 Å². The maximum atomic E-state index is 14.3. The Morgan fingerprint density at radius 3 is 1.88 bits per heavy atom. The smallest absolute Gasteiger partial charge is 0.473 e. The number of amides is 3. The molecule has 113 heavy (non-hydrogen) atoms. The van der Waals surface area contributed by atoms with Crippen molar-refractivity contribution in [1.29, 1.82) is 0 Å².